The lowest BCUT2D eigenvalue weighted by Gasteiger charge is -2.19. The Morgan fingerprint density at radius 1 is 1.05 bits per heavy atom. The van der Waals surface area contributed by atoms with Crippen molar-refractivity contribution in [3.63, 3.8) is 0 Å². The van der Waals surface area contributed by atoms with Gasteiger partial charge in [-0.05, 0) is 30.5 Å². The standard InChI is InChI=1S/C17H20N2O/c1-12-8-6-7-11-15(12)13(2)19-17(20)16(18)14-9-4-3-5-10-14/h3-11,13,16H,18H2,1-2H3,(H,19,20)/t13?,16-/m0/s1. The number of hydrogen-bond acceptors (Lipinski definition) is 2. The fourth-order valence-corrected chi connectivity index (χ4v) is 2.27. The maximum Gasteiger partial charge on any atom is 0.241 e. The molecule has 2 aromatic carbocycles. The average molecular weight is 268 g/mol. The van der Waals surface area contributed by atoms with Crippen LogP contribution in [0, 0.1) is 6.92 Å². The molecule has 0 aliphatic heterocycles. The van der Waals surface area contributed by atoms with Crippen LogP contribution < -0.4 is 11.1 Å². The molecule has 0 aliphatic rings. The number of nitrogens with two attached hydrogens (primary N) is 1. The number of carbonyl (C=O) groups is 1. The highest BCUT2D eigenvalue weighted by Crippen LogP contribution is 2.18. The molecule has 0 bridgehead atoms. The van der Waals surface area contributed by atoms with Gasteiger partial charge in [-0.15, -0.1) is 0 Å². The largest absolute Gasteiger partial charge is 0.348 e. The van der Waals surface area contributed by atoms with Crippen LogP contribution in [0.25, 0.3) is 0 Å². The van der Waals surface area contributed by atoms with Crippen LogP contribution in [0.15, 0.2) is 54.6 Å². The SMILES string of the molecule is Cc1ccccc1C(C)NC(=O)[C@@H](N)c1ccccc1. The number of amides is 1. The van der Waals surface area contributed by atoms with Gasteiger partial charge in [-0.1, -0.05) is 54.6 Å². The summed E-state index contributed by atoms with van der Waals surface area (Å²) in [5.41, 5.74) is 9.09. The van der Waals surface area contributed by atoms with E-state index in [0.29, 0.717) is 0 Å². The Hall–Kier alpha value is -2.13. The summed E-state index contributed by atoms with van der Waals surface area (Å²) in [7, 11) is 0. The van der Waals surface area contributed by atoms with Crippen molar-refractivity contribution in [3.8, 4) is 0 Å². The van der Waals surface area contributed by atoms with Crippen molar-refractivity contribution >= 4 is 5.91 Å². The smallest absolute Gasteiger partial charge is 0.241 e. The van der Waals surface area contributed by atoms with Crippen LogP contribution in [0.5, 0.6) is 0 Å². The molecular formula is C17H20N2O. The minimum absolute atomic E-state index is 0.0570. The van der Waals surface area contributed by atoms with Crippen molar-refractivity contribution in [1.82, 2.24) is 5.32 Å². The Kier molecular flexibility index (Phi) is 4.53. The summed E-state index contributed by atoms with van der Waals surface area (Å²) in [6.07, 6.45) is 0. The van der Waals surface area contributed by atoms with Crippen LogP contribution in [0.3, 0.4) is 0 Å². The molecular weight excluding hydrogens is 248 g/mol. The summed E-state index contributed by atoms with van der Waals surface area (Å²) in [5.74, 6) is -0.160. The van der Waals surface area contributed by atoms with E-state index in [1.165, 1.54) is 0 Å². The maximum absolute atomic E-state index is 12.2. The van der Waals surface area contributed by atoms with Gasteiger partial charge in [0, 0.05) is 0 Å². The van der Waals surface area contributed by atoms with Gasteiger partial charge in [0.05, 0.1) is 6.04 Å². The number of hydrogen-bond donors (Lipinski definition) is 2. The van der Waals surface area contributed by atoms with Crippen LogP contribution >= 0.6 is 0 Å². The normalized spacial score (nSPS) is 13.6. The molecule has 1 amide bonds. The Labute approximate surface area is 119 Å². The summed E-state index contributed by atoms with van der Waals surface area (Å²) in [5, 5.41) is 2.97. The molecule has 2 aromatic rings. The van der Waals surface area contributed by atoms with E-state index in [1.807, 2.05) is 68.4 Å². The van der Waals surface area contributed by atoms with E-state index >= 15 is 0 Å². The molecule has 0 saturated heterocycles. The highest BCUT2D eigenvalue weighted by Gasteiger charge is 2.18. The number of benzene rings is 2. The minimum Gasteiger partial charge on any atom is -0.348 e. The van der Waals surface area contributed by atoms with Gasteiger partial charge in [-0.2, -0.15) is 0 Å². The first-order chi connectivity index (χ1) is 9.59. The van der Waals surface area contributed by atoms with Crippen LogP contribution in [0.4, 0.5) is 0 Å². The second kappa shape index (κ2) is 6.35. The number of rotatable bonds is 4. The minimum atomic E-state index is -0.636. The Morgan fingerprint density at radius 3 is 2.30 bits per heavy atom. The van der Waals surface area contributed by atoms with Crippen molar-refractivity contribution in [2.75, 3.05) is 0 Å². The van der Waals surface area contributed by atoms with Gasteiger partial charge >= 0.3 is 0 Å². The molecule has 0 radical (unpaired) electrons. The second-order valence-corrected chi connectivity index (χ2v) is 4.98. The summed E-state index contributed by atoms with van der Waals surface area (Å²) >= 11 is 0. The van der Waals surface area contributed by atoms with Crippen molar-refractivity contribution < 1.29 is 4.79 Å². The summed E-state index contributed by atoms with van der Waals surface area (Å²) in [4.78, 5) is 12.2. The Morgan fingerprint density at radius 2 is 1.65 bits per heavy atom. The highest BCUT2D eigenvalue weighted by atomic mass is 16.2. The Balaban J connectivity index is 2.07. The average Bonchev–Trinajstić information content (AvgIpc) is 2.47. The van der Waals surface area contributed by atoms with Gasteiger partial charge in [0.15, 0.2) is 0 Å². The monoisotopic (exact) mass is 268 g/mol. The van der Waals surface area contributed by atoms with Gasteiger partial charge in [-0.3, -0.25) is 4.79 Å². The van der Waals surface area contributed by atoms with E-state index in [4.69, 9.17) is 5.73 Å². The fraction of sp³-hybridized carbons (Fsp3) is 0.235. The first-order valence-corrected chi connectivity index (χ1v) is 6.76. The lowest BCUT2D eigenvalue weighted by atomic mass is 10.0. The zero-order valence-electron chi connectivity index (χ0n) is 11.8. The first-order valence-electron chi connectivity index (χ1n) is 6.76. The number of carbonyl (C=O) groups excluding carboxylic acids is 1. The topological polar surface area (TPSA) is 55.1 Å². The van der Waals surface area contributed by atoms with Gasteiger partial charge in [-0.25, -0.2) is 0 Å². The third kappa shape index (κ3) is 3.25. The lowest BCUT2D eigenvalue weighted by molar-refractivity contribution is -0.123. The van der Waals surface area contributed by atoms with Crippen molar-refractivity contribution in [2.24, 2.45) is 5.73 Å². The summed E-state index contributed by atoms with van der Waals surface area (Å²) in [6, 6.07) is 16.7. The fourth-order valence-electron chi connectivity index (χ4n) is 2.27. The molecule has 0 fully saturated rings. The molecule has 3 nitrogen and oxygen atoms in total. The third-order valence-corrected chi connectivity index (χ3v) is 3.45. The van der Waals surface area contributed by atoms with E-state index < -0.39 is 6.04 Å². The summed E-state index contributed by atoms with van der Waals surface area (Å²) < 4.78 is 0. The van der Waals surface area contributed by atoms with Gasteiger partial charge in [0.25, 0.3) is 0 Å². The zero-order chi connectivity index (χ0) is 14.5. The van der Waals surface area contributed by atoms with Crippen molar-refractivity contribution in [2.45, 2.75) is 25.9 Å². The van der Waals surface area contributed by atoms with Crippen molar-refractivity contribution in [3.05, 3.63) is 71.3 Å². The van der Waals surface area contributed by atoms with Crippen LogP contribution in [0.2, 0.25) is 0 Å². The van der Waals surface area contributed by atoms with Gasteiger partial charge in [0.1, 0.15) is 6.04 Å². The van der Waals surface area contributed by atoms with Gasteiger partial charge < -0.3 is 11.1 Å². The maximum atomic E-state index is 12.2. The molecule has 104 valence electrons. The first kappa shape index (κ1) is 14.3. The molecule has 3 N–H and O–H groups in total. The molecule has 2 rings (SSSR count). The van der Waals surface area contributed by atoms with E-state index in [9.17, 15) is 4.79 Å². The van der Waals surface area contributed by atoms with E-state index in [-0.39, 0.29) is 11.9 Å². The van der Waals surface area contributed by atoms with Crippen LogP contribution in [-0.4, -0.2) is 5.91 Å². The number of nitrogens with one attached hydrogen (secondary N) is 1. The summed E-state index contributed by atoms with van der Waals surface area (Å²) in [6.45, 7) is 4.01. The highest BCUT2D eigenvalue weighted by molar-refractivity contribution is 5.83. The molecule has 0 spiro atoms. The zero-order valence-corrected chi connectivity index (χ0v) is 11.8. The Bertz CT molecular complexity index is 581. The predicted octanol–water partition coefficient (Wildman–Crippen LogP) is 2.87. The lowest BCUT2D eigenvalue weighted by Crippen LogP contribution is -2.35. The second-order valence-electron chi connectivity index (χ2n) is 4.98. The van der Waals surface area contributed by atoms with E-state index in [2.05, 4.69) is 5.32 Å². The van der Waals surface area contributed by atoms with Crippen LogP contribution in [0.1, 0.15) is 35.7 Å². The molecule has 0 aliphatic carbocycles. The van der Waals surface area contributed by atoms with E-state index in [1.54, 1.807) is 0 Å². The van der Waals surface area contributed by atoms with Crippen molar-refractivity contribution in [1.29, 1.82) is 0 Å². The molecule has 1 unspecified atom stereocenters. The van der Waals surface area contributed by atoms with Gasteiger partial charge in [0.2, 0.25) is 5.91 Å². The molecule has 0 aromatic heterocycles. The van der Waals surface area contributed by atoms with E-state index in [0.717, 1.165) is 16.7 Å². The quantitative estimate of drug-likeness (QED) is 0.896. The number of aryl methyl sites for hydroxylation is 1. The molecule has 0 heterocycles. The molecule has 3 heteroatoms. The predicted molar refractivity (Wildman–Crippen MR) is 81.1 cm³/mol. The molecule has 20 heavy (non-hydrogen) atoms. The van der Waals surface area contributed by atoms with Crippen LogP contribution in [-0.2, 0) is 4.79 Å². The third-order valence-electron chi connectivity index (χ3n) is 3.45. The molecule has 2 atom stereocenters. The molecule has 0 saturated carbocycles.